The molecule has 21 heavy (non-hydrogen) atoms. The first-order chi connectivity index (χ1) is 10.1. The Morgan fingerprint density at radius 2 is 1.90 bits per heavy atom. The van der Waals surface area contributed by atoms with Crippen molar-refractivity contribution >= 4 is 5.97 Å². The van der Waals surface area contributed by atoms with Crippen LogP contribution in [0.1, 0.15) is 38.5 Å². The van der Waals surface area contributed by atoms with Gasteiger partial charge in [0, 0.05) is 20.1 Å². The number of carboxylic acid groups (broad SMARTS) is 1. The normalized spacial score (nSPS) is 28.9. The topological polar surface area (TPSA) is 62.2 Å². The number of hydroxylamine groups is 2. The van der Waals surface area contributed by atoms with Gasteiger partial charge in [0.25, 0.3) is 0 Å². The average molecular weight is 300 g/mol. The summed E-state index contributed by atoms with van der Waals surface area (Å²) in [6, 6.07) is 0. The van der Waals surface area contributed by atoms with Crippen LogP contribution in [0.3, 0.4) is 0 Å². The largest absolute Gasteiger partial charge is 0.481 e. The van der Waals surface area contributed by atoms with Gasteiger partial charge in [-0.25, -0.2) is 0 Å². The summed E-state index contributed by atoms with van der Waals surface area (Å²) in [5.41, 5.74) is 0. The number of likely N-dealkylation sites (N-methyl/N-ethyl adjacent to an activating group) is 1. The Morgan fingerprint density at radius 3 is 2.43 bits per heavy atom. The molecule has 2 rings (SSSR count). The number of hydrogen-bond acceptors (Lipinski definition) is 5. The summed E-state index contributed by atoms with van der Waals surface area (Å²) in [7, 11) is 3.58. The first-order valence-electron chi connectivity index (χ1n) is 7.97. The summed E-state index contributed by atoms with van der Waals surface area (Å²) in [5, 5.41) is 10.9. The van der Waals surface area contributed by atoms with Crippen molar-refractivity contribution in [3.8, 4) is 0 Å². The Hall–Kier alpha value is -0.690. The Kier molecular flexibility index (Phi) is 6.41. The highest BCUT2D eigenvalue weighted by molar-refractivity contribution is 5.70. The van der Waals surface area contributed by atoms with Crippen molar-refractivity contribution < 1.29 is 19.5 Å². The summed E-state index contributed by atoms with van der Waals surface area (Å²) >= 11 is 0. The van der Waals surface area contributed by atoms with Crippen LogP contribution < -0.4 is 0 Å². The first-order valence-corrected chi connectivity index (χ1v) is 7.97. The Bertz CT molecular complexity index is 326. The smallest absolute Gasteiger partial charge is 0.306 e. The first kappa shape index (κ1) is 16.7. The van der Waals surface area contributed by atoms with Gasteiger partial charge in [-0.05, 0) is 38.5 Å². The summed E-state index contributed by atoms with van der Waals surface area (Å²) in [4.78, 5) is 18.6. The van der Waals surface area contributed by atoms with Gasteiger partial charge in [-0.1, -0.05) is 0 Å². The molecule has 1 N–H and O–H groups in total. The van der Waals surface area contributed by atoms with Gasteiger partial charge in [0.05, 0.1) is 25.7 Å². The molecule has 6 heteroatoms. The van der Waals surface area contributed by atoms with Crippen LogP contribution in [0.5, 0.6) is 0 Å². The molecule has 0 radical (unpaired) electrons. The molecule has 1 aliphatic carbocycles. The van der Waals surface area contributed by atoms with E-state index in [2.05, 4.69) is 4.90 Å². The molecule has 0 aromatic rings. The maximum atomic E-state index is 11.0. The molecule has 0 bridgehead atoms. The molecule has 0 aromatic heterocycles. The van der Waals surface area contributed by atoms with E-state index in [-0.39, 0.29) is 18.2 Å². The zero-order valence-electron chi connectivity index (χ0n) is 13.2. The number of nitrogens with zero attached hydrogens (tertiary/aromatic N) is 2. The van der Waals surface area contributed by atoms with Crippen LogP contribution in [-0.2, 0) is 14.4 Å². The van der Waals surface area contributed by atoms with E-state index in [1.54, 1.807) is 12.2 Å². The molecule has 1 heterocycles. The third-order valence-electron chi connectivity index (χ3n) is 4.65. The van der Waals surface area contributed by atoms with Crippen LogP contribution in [0.15, 0.2) is 0 Å². The zero-order chi connectivity index (χ0) is 15.2. The average Bonchev–Trinajstić information content (AvgIpc) is 3.01. The van der Waals surface area contributed by atoms with E-state index >= 15 is 0 Å². The lowest BCUT2D eigenvalue weighted by molar-refractivity contribution is -0.179. The minimum absolute atomic E-state index is 0.0452. The lowest BCUT2D eigenvalue weighted by atomic mass is 9.87. The number of aliphatic carboxylic acids is 1. The van der Waals surface area contributed by atoms with Crippen molar-refractivity contribution in [2.45, 2.75) is 50.9 Å². The number of carbonyl (C=O) groups is 1. The molecular formula is C15H28N2O4. The van der Waals surface area contributed by atoms with E-state index in [0.717, 1.165) is 45.3 Å². The number of ether oxygens (including phenoxy) is 1. The fourth-order valence-corrected chi connectivity index (χ4v) is 3.24. The van der Waals surface area contributed by atoms with Crippen molar-refractivity contribution in [1.29, 1.82) is 0 Å². The van der Waals surface area contributed by atoms with Crippen LogP contribution in [0, 0.1) is 5.92 Å². The molecule has 2 aliphatic rings. The maximum Gasteiger partial charge on any atom is 0.306 e. The molecule has 6 nitrogen and oxygen atoms in total. The molecule has 122 valence electrons. The number of rotatable bonds is 7. The van der Waals surface area contributed by atoms with Crippen molar-refractivity contribution in [2.24, 2.45) is 5.92 Å². The molecule has 1 unspecified atom stereocenters. The Labute approximate surface area is 126 Å². The lowest BCUT2D eigenvalue weighted by Crippen LogP contribution is -2.45. The molecule has 1 atom stereocenters. The van der Waals surface area contributed by atoms with Gasteiger partial charge in [-0.3, -0.25) is 9.69 Å². The summed E-state index contributed by atoms with van der Waals surface area (Å²) in [5.74, 6) is -0.847. The summed E-state index contributed by atoms with van der Waals surface area (Å²) in [6.07, 6.45) is 5.82. The SMILES string of the molecule is CON(C)CC(OC1CCC(C(=O)O)CC1)N1CCCC1. The third-order valence-corrected chi connectivity index (χ3v) is 4.65. The molecule has 2 fully saturated rings. The lowest BCUT2D eigenvalue weighted by Gasteiger charge is -2.35. The highest BCUT2D eigenvalue weighted by Crippen LogP contribution is 2.28. The van der Waals surface area contributed by atoms with E-state index in [0.29, 0.717) is 0 Å². The van der Waals surface area contributed by atoms with Crippen LogP contribution in [0.25, 0.3) is 0 Å². The zero-order valence-corrected chi connectivity index (χ0v) is 13.2. The van der Waals surface area contributed by atoms with Crippen molar-refractivity contribution in [3.05, 3.63) is 0 Å². The van der Waals surface area contributed by atoms with Gasteiger partial charge in [0.15, 0.2) is 0 Å². The second-order valence-corrected chi connectivity index (χ2v) is 6.14. The van der Waals surface area contributed by atoms with Gasteiger partial charge >= 0.3 is 5.97 Å². The predicted octanol–water partition coefficient (Wildman–Crippen LogP) is 1.56. The molecule has 0 aromatic carbocycles. The van der Waals surface area contributed by atoms with Gasteiger partial charge in [0.2, 0.25) is 0 Å². The van der Waals surface area contributed by atoms with E-state index in [4.69, 9.17) is 14.7 Å². The Morgan fingerprint density at radius 1 is 1.29 bits per heavy atom. The van der Waals surface area contributed by atoms with Crippen molar-refractivity contribution in [3.63, 3.8) is 0 Å². The van der Waals surface area contributed by atoms with Crippen LogP contribution in [0.4, 0.5) is 0 Å². The molecule has 0 amide bonds. The summed E-state index contributed by atoms with van der Waals surface area (Å²) < 4.78 is 6.29. The number of likely N-dealkylation sites (tertiary alicyclic amines) is 1. The van der Waals surface area contributed by atoms with E-state index in [1.165, 1.54) is 12.8 Å². The highest BCUT2D eigenvalue weighted by atomic mass is 16.7. The second kappa shape index (κ2) is 8.08. The van der Waals surface area contributed by atoms with Crippen LogP contribution in [0.2, 0.25) is 0 Å². The highest BCUT2D eigenvalue weighted by Gasteiger charge is 2.31. The van der Waals surface area contributed by atoms with Crippen molar-refractivity contribution in [2.75, 3.05) is 33.8 Å². The fourth-order valence-electron chi connectivity index (χ4n) is 3.24. The van der Waals surface area contributed by atoms with Crippen molar-refractivity contribution in [1.82, 2.24) is 9.96 Å². The molecule has 1 aliphatic heterocycles. The monoisotopic (exact) mass is 300 g/mol. The molecule has 1 saturated heterocycles. The van der Waals surface area contributed by atoms with Gasteiger partial charge in [-0.15, -0.1) is 0 Å². The number of carboxylic acids is 1. The van der Waals surface area contributed by atoms with Gasteiger partial charge in [-0.2, -0.15) is 5.06 Å². The second-order valence-electron chi connectivity index (χ2n) is 6.14. The van der Waals surface area contributed by atoms with E-state index in [1.807, 2.05) is 7.05 Å². The minimum atomic E-state index is -0.663. The van der Waals surface area contributed by atoms with E-state index < -0.39 is 5.97 Å². The van der Waals surface area contributed by atoms with E-state index in [9.17, 15) is 4.79 Å². The third kappa shape index (κ3) is 4.92. The maximum absolute atomic E-state index is 11.0. The minimum Gasteiger partial charge on any atom is -0.481 e. The summed E-state index contributed by atoms with van der Waals surface area (Å²) in [6.45, 7) is 2.87. The molecular weight excluding hydrogens is 272 g/mol. The van der Waals surface area contributed by atoms with Crippen LogP contribution >= 0.6 is 0 Å². The molecule has 1 saturated carbocycles. The quantitative estimate of drug-likeness (QED) is 0.720. The van der Waals surface area contributed by atoms with Gasteiger partial charge < -0.3 is 14.7 Å². The standard InChI is InChI=1S/C15H28N2O4/c1-16(20-2)11-14(17-9-3-4-10-17)21-13-7-5-12(6-8-13)15(18)19/h12-14H,3-11H2,1-2H3,(H,18,19). The van der Waals surface area contributed by atoms with Gasteiger partial charge in [0.1, 0.15) is 6.23 Å². The molecule has 0 spiro atoms. The Balaban J connectivity index is 1.85. The predicted molar refractivity (Wildman–Crippen MR) is 78.7 cm³/mol. The fraction of sp³-hybridized carbons (Fsp3) is 0.933. The van der Waals surface area contributed by atoms with Crippen LogP contribution in [-0.4, -0.2) is 67.2 Å². The number of hydrogen-bond donors (Lipinski definition) is 1.